The average molecular weight is 208 g/mol. The van der Waals surface area contributed by atoms with Crippen molar-refractivity contribution < 1.29 is 0 Å². The standard InChI is InChI=1S/C12H8N4/c13-5-9-1-2-10(6-14)12(8-16)4-3-11(9)7-15/h1-4H2. The number of rotatable bonds is 0. The van der Waals surface area contributed by atoms with E-state index in [0.717, 1.165) is 0 Å². The van der Waals surface area contributed by atoms with Gasteiger partial charge in [-0.25, -0.2) is 0 Å². The molecule has 4 nitrogen and oxygen atoms in total. The maximum absolute atomic E-state index is 8.87. The van der Waals surface area contributed by atoms with Crippen LogP contribution < -0.4 is 0 Å². The fourth-order valence-electron chi connectivity index (χ4n) is 1.60. The summed E-state index contributed by atoms with van der Waals surface area (Å²) in [7, 11) is 0. The molecule has 4 heteroatoms. The molecule has 0 saturated heterocycles. The maximum atomic E-state index is 8.87. The van der Waals surface area contributed by atoms with Crippen molar-refractivity contribution in [3.63, 3.8) is 0 Å². The van der Waals surface area contributed by atoms with Crippen LogP contribution in [0.3, 0.4) is 0 Å². The first kappa shape index (κ1) is 11.5. The van der Waals surface area contributed by atoms with E-state index in [1.165, 1.54) is 0 Å². The van der Waals surface area contributed by atoms with Gasteiger partial charge in [0.05, 0.1) is 24.3 Å². The fraction of sp³-hybridized carbons (Fsp3) is 0.333. The smallest absolute Gasteiger partial charge is 0.0957 e. The van der Waals surface area contributed by atoms with Gasteiger partial charge in [-0.3, -0.25) is 0 Å². The Morgan fingerprint density at radius 3 is 0.812 bits per heavy atom. The molecule has 0 N–H and O–H groups in total. The molecule has 1 aliphatic rings. The van der Waals surface area contributed by atoms with E-state index in [1.54, 1.807) is 0 Å². The van der Waals surface area contributed by atoms with Gasteiger partial charge in [0.15, 0.2) is 0 Å². The zero-order valence-corrected chi connectivity index (χ0v) is 8.62. The van der Waals surface area contributed by atoms with Crippen LogP contribution in [0.25, 0.3) is 0 Å². The van der Waals surface area contributed by atoms with E-state index in [4.69, 9.17) is 21.0 Å². The quantitative estimate of drug-likeness (QED) is 0.609. The third-order valence-electron chi connectivity index (χ3n) is 2.52. The van der Waals surface area contributed by atoms with Crippen molar-refractivity contribution in [1.29, 1.82) is 21.0 Å². The van der Waals surface area contributed by atoms with Crippen LogP contribution in [-0.4, -0.2) is 0 Å². The molecule has 0 radical (unpaired) electrons. The van der Waals surface area contributed by atoms with Crippen LogP contribution in [0, 0.1) is 45.3 Å². The summed E-state index contributed by atoms with van der Waals surface area (Å²) >= 11 is 0. The molecule has 0 aromatic rings. The van der Waals surface area contributed by atoms with E-state index >= 15 is 0 Å². The Kier molecular flexibility index (Phi) is 3.85. The lowest BCUT2D eigenvalue weighted by Gasteiger charge is -2.09. The molecule has 0 atom stereocenters. The monoisotopic (exact) mass is 208 g/mol. The minimum atomic E-state index is 0.369. The molecular weight excluding hydrogens is 200 g/mol. The molecule has 0 amide bonds. The van der Waals surface area contributed by atoms with Crippen LogP contribution in [0.15, 0.2) is 22.3 Å². The van der Waals surface area contributed by atoms with E-state index in [-0.39, 0.29) is 0 Å². The molecule has 76 valence electrons. The van der Waals surface area contributed by atoms with Gasteiger partial charge in [-0.15, -0.1) is 0 Å². The summed E-state index contributed by atoms with van der Waals surface area (Å²) in [5.41, 5.74) is 1.75. The van der Waals surface area contributed by atoms with E-state index < -0.39 is 0 Å². The lowest BCUT2D eigenvalue weighted by atomic mass is 9.91. The summed E-state index contributed by atoms with van der Waals surface area (Å²) in [6.07, 6.45) is 1.47. The summed E-state index contributed by atoms with van der Waals surface area (Å²) in [5, 5.41) is 35.5. The Balaban J connectivity index is 3.08. The second-order valence-electron chi connectivity index (χ2n) is 3.36. The number of nitrogens with zero attached hydrogens (tertiary/aromatic N) is 4. The van der Waals surface area contributed by atoms with Crippen LogP contribution in [0.4, 0.5) is 0 Å². The highest BCUT2D eigenvalue weighted by Gasteiger charge is 2.15. The predicted octanol–water partition coefficient (Wildman–Crippen LogP) is 2.25. The molecule has 0 spiro atoms. The Morgan fingerprint density at radius 2 is 0.688 bits per heavy atom. The molecular formula is C12H8N4. The van der Waals surface area contributed by atoms with Gasteiger partial charge in [0.1, 0.15) is 0 Å². The van der Waals surface area contributed by atoms with Gasteiger partial charge in [0.2, 0.25) is 0 Å². The molecule has 0 saturated carbocycles. The molecule has 0 aromatic heterocycles. The Hall–Kier alpha value is -2.56. The van der Waals surface area contributed by atoms with Crippen molar-refractivity contribution in [2.45, 2.75) is 25.7 Å². The largest absolute Gasteiger partial charge is 0.193 e. The van der Waals surface area contributed by atoms with Gasteiger partial charge in [-0.1, -0.05) is 0 Å². The van der Waals surface area contributed by atoms with Gasteiger partial charge in [-0.05, 0) is 25.7 Å². The first-order valence-corrected chi connectivity index (χ1v) is 4.81. The first-order valence-electron chi connectivity index (χ1n) is 4.81. The summed E-state index contributed by atoms with van der Waals surface area (Å²) in [4.78, 5) is 0. The zero-order valence-electron chi connectivity index (χ0n) is 8.62. The molecule has 0 aliphatic heterocycles. The minimum Gasteiger partial charge on any atom is -0.193 e. The van der Waals surface area contributed by atoms with Gasteiger partial charge in [0, 0.05) is 22.3 Å². The Labute approximate surface area is 93.9 Å². The second-order valence-corrected chi connectivity index (χ2v) is 3.36. The normalized spacial score (nSPS) is 16.2. The van der Waals surface area contributed by atoms with Gasteiger partial charge in [0.25, 0.3) is 0 Å². The van der Waals surface area contributed by atoms with Crippen LogP contribution in [0.1, 0.15) is 25.7 Å². The molecule has 0 aromatic carbocycles. The first-order chi connectivity index (χ1) is 7.76. The van der Waals surface area contributed by atoms with Crippen LogP contribution in [-0.2, 0) is 0 Å². The van der Waals surface area contributed by atoms with Gasteiger partial charge >= 0.3 is 0 Å². The lowest BCUT2D eigenvalue weighted by Crippen LogP contribution is -1.98. The topological polar surface area (TPSA) is 95.2 Å². The van der Waals surface area contributed by atoms with Crippen molar-refractivity contribution in [3.05, 3.63) is 22.3 Å². The molecule has 0 fully saturated rings. The summed E-state index contributed by atoms with van der Waals surface area (Å²) in [5.74, 6) is 0. The number of allylic oxidation sites excluding steroid dienone is 4. The Morgan fingerprint density at radius 1 is 0.500 bits per heavy atom. The van der Waals surface area contributed by atoms with Crippen molar-refractivity contribution in [1.82, 2.24) is 0 Å². The second kappa shape index (κ2) is 5.35. The highest BCUT2D eigenvalue weighted by Crippen LogP contribution is 2.26. The average Bonchev–Trinajstić information content (AvgIpc) is 2.30. The molecule has 0 unspecified atom stereocenters. The van der Waals surface area contributed by atoms with Crippen LogP contribution in [0.5, 0.6) is 0 Å². The Bertz CT molecular complexity index is 425. The minimum absolute atomic E-state index is 0.369. The number of hydrogen-bond acceptors (Lipinski definition) is 4. The van der Waals surface area contributed by atoms with E-state index in [1.807, 2.05) is 24.3 Å². The van der Waals surface area contributed by atoms with E-state index in [2.05, 4.69) is 0 Å². The maximum Gasteiger partial charge on any atom is 0.0957 e. The molecule has 0 bridgehead atoms. The van der Waals surface area contributed by atoms with Crippen molar-refractivity contribution >= 4 is 0 Å². The number of nitriles is 4. The fourth-order valence-corrected chi connectivity index (χ4v) is 1.60. The number of hydrogen-bond donors (Lipinski definition) is 0. The van der Waals surface area contributed by atoms with E-state index in [9.17, 15) is 0 Å². The molecule has 1 rings (SSSR count). The SMILES string of the molecule is N#CC1=C(C#N)CCC(C#N)=C(C#N)CC1. The van der Waals surface area contributed by atoms with E-state index in [0.29, 0.717) is 48.0 Å². The van der Waals surface area contributed by atoms with Crippen molar-refractivity contribution in [2.75, 3.05) is 0 Å². The predicted molar refractivity (Wildman–Crippen MR) is 55.0 cm³/mol. The van der Waals surface area contributed by atoms with Crippen molar-refractivity contribution in [3.8, 4) is 24.3 Å². The van der Waals surface area contributed by atoms with Crippen LogP contribution >= 0.6 is 0 Å². The third-order valence-corrected chi connectivity index (χ3v) is 2.52. The lowest BCUT2D eigenvalue weighted by molar-refractivity contribution is 0.864. The zero-order chi connectivity index (χ0) is 12.0. The summed E-state index contributed by atoms with van der Waals surface area (Å²) in [6.45, 7) is 0. The van der Waals surface area contributed by atoms with Gasteiger partial charge in [-0.2, -0.15) is 21.0 Å². The molecule has 0 heterocycles. The third kappa shape index (κ3) is 2.27. The highest BCUT2D eigenvalue weighted by atomic mass is 14.3. The molecule has 1 aliphatic carbocycles. The summed E-state index contributed by atoms with van der Waals surface area (Å²) in [6, 6.07) is 7.97. The molecule has 16 heavy (non-hydrogen) atoms. The summed E-state index contributed by atoms with van der Waals surface area (Å²) < 4.78 is 0. The highest BCUT2D eigenvalue weighted by molar-refractivity contribution is 5.44. The van der Waals surface area contributed by atoms with Crippen molar-refractivity contribution in [2.24, 2.45) is 0 Å². The van der Waals surface area contributed by atoms with Crippen LogP contribution in [0.2, 0.25) is 0 Å². The van der Waals surface area contributed by atoms with Gasteiger partial charge < -0.3 is 0 Å².